The van der Waals surface area contributed by atoms with Crippen LogP contribution in [0.25, 0.3) is 0 Å². The molecule has 2 heterocycles. The Morgan fingerprint density at radius 2 is 2.17 bits per heavy atom. The van der Waals surface area contributed by atoms with Crippen LogP contribution in [-0.2, 0) is 4.74 Å². The largest absolute Gasteiger partial charge is 0.379 e. The van der Waals surface area contributed by atoms with Crippen molar-refractivity contribution in [3.8, 4) is 0 Å². The van der Waals surface area contributed by atoms with E-state index < -0.39 is 0 Å². The summed E-state index contributed by atoms with van der Waals surface area (Å²) in [4.78, 5) is 2.47. The molecule has 130 valence electrons. The molecule has 24 heavy (non-hydrogen) atoms. The number of aromatic amines is 1. The maximum absolute atomic E-state index is 6.22. The predicted molar refractivity (Wildman–Crippen MR) is 96.3 cm³/mol. The molecule has 0 bridgehead atoms. The van der Waals surface area contributed by atoms with Crippen LogP contribution in [0.1, 0.15) is 35.8 Å². The number of morpholine rings is 1. The van der Waals surface area contributed by atoms with Crippen LogP contribution < -0.4 is 5.32 Å². The van der Waals surface area contributed by atoms with Crippen molar-refractivity contribution in [3.63, 3.8) is 0 Å². The summed E-state index contributed by atoms with van der Waals surface area (Å²) in [7, 11) is 0. The summed E-state index contributed by atoms with van der Waals surface area (Å²) in [6.07, 6.45) is 1.90. The van der Waals surface area contributed by atoms with E-state index in [1.807, 2.05) is 18.3 Å². The van der Waals surface area contributed by atoms with Crippen LogP contribution in [0.15, 0.2) is 30.5 Å². The highest BCUT2D eigenvalue weighted by Gasteiger charge is 2.23. The summed E-state index contributed by atoms with van der Waals surface area (Å²) < 4.78 is 5.51. The van der Waals surface area contributed by atoms with Gasteiger partial charge >= 0.3 is 0 Å². The van der Waals surface area contributed by atoms with Gasteiger partial charge in [-0.15, -0.1) is 0 Å². The minimum atomic E-state index is 0.242. The fraction of sp³-hybridized carbons (Fsp3) is 0.500. The third-order valence-electron chi connectivity index (χ3n) is 4.67. The van der Waals surface area contributed by atoms with Crippen molar-refractivity contribution in [2.75, 3.05) is 32.8 Å². The maximum Gasteiger partial charge on any atom is 0.0594 e. The molecule has 0 spiro atoms. The van der Waals surface area contributed by atoms with Crippen molar-refractivity contribution >= 4 is 11.6 Å². The molecule has 6 heteroatoms. The summed E-state index contributed by atoms with van der Waals surface area (Å²) in [6.45, 7) is 8.53. The summed E-state index contributed by atoms with van der Waals surface area (Å²) in [5, 5.41) is 11.6. The molecule has 1 aliphatic rings. The second-order valence-corrected chi connectivity index (χ2v) is 6.74. The average molecular weight is 349 g/mol. The Kier molecular flexibility index (Phi) is 5.89. The van der Waals surface area contributed by atoms with Crippen molar-refractivity contribution in [1.82, 2.24) is 20.4 Å². The quantitative estimate of drug-likeness (QED) is 0.842. The Morgan fingerprint density at radius 1 is 1.38 bits per heavy atom. The first-order valence-corrected chi connectivity index (χ1v) is 8.83. The minimum absolute atomic E-state index is 0.242. The number of ether oxygens (including phenoxy) is 1. The van der Waals surface area contributed by atoms with Gasteiger partial charge < -0.3 is 10.1 Å². The molecule has 0 saturated carbocycles. The van der Waals surface area contributed by atoms with Crippen LogP contribution >= 0.6 is 11.6 Å². The van der Waals surface area contributed by atoms with Crippen LogP contribution in [0.5, 0.6) is 0 Å². The number of hydrogen-bond donors (Lipinski definition) is 2. The van der Waals surface area contributed by atoms with E-state index in [0.29, 0.717) is 0 Å². The Morgan fingerprint density at radius 3 is 2.83 bits per heavy atom. The van der Waals surface area contributed by atoms with Crippen LogP contribution in [-0.4, -0.2) is 47.9 Å². The molecule has 2 N–H and O–H groups in total. The van der Waals surface area contributed by atoms with E-state index in [-0.39, 0.29) is 12.1 Å². The lowest BCUT2D eigenvalue weighted by molar-refractivity contribution is 0.0157. The van der Waals surface area contributed by atoms with Crippen LogP contribution in [0.4, 0.5) is 0 Å². The molecule has 3 rings (SSSR count). The van der Waals surface area contributed by atoms with Gasteiger partial charge in [0.25, 0.3) is 0 Å². The van der Waals surface area contributed by atoms with Crippen LogP contribution in [0.3, 0.4) is 0 Å². The van der Waals surface area contributed by atoms with Crippen LogP contribution in [0, 0.1) is 6.92 Å². The lowest BCUT2D eigenvalue weighted by Gasteiger charge is -2.35. The Hall–Kier alpha value is -1.40. The van der Waals surface area contributed by atoms with Crippen molar-refractivity contribution < 1.29 is 4.74 Å². The molecular formula is C18H25ClN4O. The number of aromatic nitrogens is 2. The van der Waals surface area contributed by atoms with Gasteiger partial charge in [-0.25, -0.2) is 0 Å². The van der Waals surface area contributed by atoms with Crippen molar-refractivity contribution in [1.29, 1.82) is 0 Å². The highest BCUT2D eigenvalue weighted by molar-refractivity contribution is 6.30. The monoisotopic (exact) mass is 348 g/mol. The van der Waals surface area contributed by atoms with Gasteiger partial charge in [0, 0.05) is 48.0 Å². The van der Waals surface area contributed by atoms with Gasteiger partial charge in [0.05, 0.1) is 19.4 Å². The molecule has 1 aromatic carbocycles. The molecule has 1 aliphatic heterocycles. The molecule has 0 radical (unpaired) electrons. The first-order chi connectivity index (χ1) is 11.6. The SMILES string of the molecule is Cc1[nH]ncc1[C@@H](C)NC[C@H](c1cccc(Cl)c1)N1CCOCC1. The number of benzene rings is 1. The first kappa shape index (κ1) is 17.4. The number of nitrogens with one attached hydrogen (secondary N) is 2. The second-order valence-electron chi connectivity index (χ2n) is 6.30. The zero-order valence-corrected chi connectivity index (χ0v) is 15.0. The van der Waals surface area contributed by atoms with Gasteiger partial charge in [-0.05, 0) is 31.5 Å². The van der Waals surface area contributed by atoms with Gasteiger partial charge in [-0.2, -0.15) is 5.10 Å². The van der Waals surface area contributed by atoms with Crippen molar-refractivity contribution in [2.24, 2.45) is 0 Å². The standard InChI is InChI=1S/C18H25ClN4O/c1-13(17-11-21-22-14(17)2)20-12-18(23-6-8-24-9-7-23)15-4-3-5-16(19)10-15/h3-5,10-11,13,18,20H,6-9,12H2,1-2H3,(H,21,22)/t13-,18-/m1/s1. The van der Waals surface area contributed by atoms with Gasteiger partial charge in [0.2, 0.25) is 0 Å². The highest BCUT2D eigenvalue weighted by Crippen LogP contribution is 2.25. The van der Waals surface area contributed by atoms with Gasteiger partial charge in [0.15, 0.2) is 0 Å². The molecule has 1 fully saturated rings. The fourth-order valence-corrected chi connectivity index (χ4v) is 3.45. The lowest BCUT2D eigenvalue weighted by Crippen LogP contribution is -2.43. The van der Waals surface area contributed by atoms with Gasteiger partial charge in [-0.3, -0.25) is 10.00 Å². The molecule has 2 aromatic rings. The van der Waals surface area contributed by atoms with Crippen molar-refractivity contribution in [3.05, 3.63) is 52.3 Å². The molecule has 0 unspecified atom stereocenters. The molecular weight excluding hydrogens is 324 g/mol. The first-order valence-electron chi connectivity index (χ1n) is 8.45. The zero-order chi connectivity index (χ0) is 16.9. The van der Waals surface area contributed by atoms with Crippen LogP contribution in [0.2, 0.25) is 5.02 Å². The van der Waals surface area contributed by atoms with E-state index >= 15 is 0 Å². The summed E-state index contributed by atoms with van der Waals surface area (Å²) in [6, 6.07) is 8.69. The smallest absolute Gasteiger partial charge is 0.0594 e. The van der Waals surface area contributed by atoms with E-state index in [2.05, 4.69) is 46.4 Å². The van der Waals surface area contributed by atoms with E-state index in [1.54, 1.807) is 0 Å². The maximum atomic E-state index is 6.22. The average Bonchev–Trinajstić information content (AvgIpc) is 3.02. The topological polar surface area (TPSA) is 53.2 Å². The number of nitrogens with zero attached hydrogens (tertiary/aromatic N) is 2. The second kappa shape index (κ2) is 8.12. The normalized spacial score (nSPS) is 18.5. The molecule has 5 nitrogen and oxygen atoms in total. The van der Waals surface area contributed by atoms with Gasteiger partial charge in [0.1, 0.15) is 0 Å². The van der Waals surface area contributed by atoms with E-state index in [4.69, 9.17) is 16.3 Å². The Balaban J connectivity index is 1.73. The number of aryl methyl sites for hydroxylation is 1. The van der Waals surface area contributed by atoms with E-state index in [1.165, 1.54) is 11.1 Å². The van der Waals surface area contributed by atoms with E-state index in [9.17, 15) is 0 Å². The Labute approximate surface area is 148 Å². The third kappa shape index (κ3) is 4.16. The zero-order valence-electron chi connectivity index (χ0n) is 14.3. The molecule has 1 aromatic heterocycles. The number of halogens is 1. The van der Waals surface area contributed by atoms with E-state index in [0.717, 1.165) is 43.6 Å². The van der Waals surface area contributed by atoms with Crippen molar-refractivity contribution in [2.45, 2.75) is 25.9 Å². The Bertz CT molecular complexity index is 654. The minimum Gasteiger partial charge on any atom is -0.379 e. The summed E-state index contributed by atoms with van der Waals surface area (Å²) >= 11 is 6.22. The molecule has 2 atom stereocenters. The third-order valence-corrected chi connectivity index (χ3v) is 4.91. The molecule has 1 saturated heterocycles. The number of H-pyrrole nitrogens is 1. The molecule has 0 amide bonds. The summed E-state index contributed by atoms with van der Waals surface area (Å²) in [5.74, 6) is 0. The fourth-order valence-electron chi connectivity index (χ4n) is 3.26. The summed E-state index contributed by atoms with van der Waals surface area (Å²) in [5.41, 5.74) is 3.57. The number of hydrogen-bond acceptors (Lipinski definition) is 4. The number of rotatable bonds is 6. The molecule has 0 aliphatic carbocycles. The predicted octanol–water partition coefficient (Wildman–Crippen LogP) is 3.10. The lowest BCUT2D eigenvalue weighted by atomic mass is 10.0. The highest BCUT2D eigenvalue weighted by atomic mass is 35.5. The van der Waals surface area contributed by atoms with Gasteiger partial charge in [-0.1, -0.05) is 23.7 Å².